The SMILES string of the molecule is COCCn1cc(NC(=O)C2CCNC2)ccc1=O. The maximum atomic E-state index is 12.0. The Morgan fingerprint density at radius 2 is 2.42 bits per heavy atom. The van der Waals surface area contributed by atoms with Crippen LogP contribution >= 0.6 is 0 Å². The monoisotopic (exact) mass is 265 g/mol. The number of aromatic nitrogens is 1. The third-order valence-electron chi connectivity index (χ3n) is 3.22. The molecule has 0 aliphatic carbocycles. The fraction of sp³-hybridized carbons (Fsp3) is 0.538. The van der Waals surface area contributed by atoms with Gasteiger partial charge in [-0.2, -0.15) is 0 Å². The average molecular weight is 265 g/mol. The van der Waals surface area contributed by atoms with Crippen molar-refractivity contribution < 1.29 is 9.53 Å². The van der Waals surface area contributed by atoms with Crippen LogP contribution in [0.5, 0.6) is 0 Å². The first kappa shape index (κ1) is 13.8. The highest BCUT2D eigenvalue weighted by Gasteiger charge is 2.22. The van der Waals surface area contributed by atoms with E-state index in [1.807, 2.05) is 0 Å². The summed E-state index contributed by atoms with van der Waals surface area (Å²) in [5, 5.41) is 6.00. The Morgan fingerprint density at radius 1 is 1.58 bits per heavy atom. The van der Waals surface area contributed by atoms with Gasteiger partial charge in [0, 0.05) is 32.5 Å². The Hall–Kier alpha value is -1.66. The molecule has 19 heavy (non-hydrogen) atoms. The van der Waals surface area contributed by atoms with E-state index in [9.17, 15) is 9.59 Å². The minimum absolute atomic E-state index is 0.00180. The lowest BCUT2D eigenvalue weighted by molar-refractivity contribution is -0.119. The molecule has 1 saturated heterocycles. The normalized spacial score (nSPS) is 18.5. The van der Waals surface area contributed by atoms with Crippen LogP contribution in [0, 0.1) is 5.92 Å². The van der Waals surface area contributed by atoms with Gasteiger partial charge in [0.2, 0.25) is 5.91 Å². The summed E-state index contributed by atoms with van der Waals surface area (Å²) in [7, 11) is 1.59. The van der Waals surface area contributed by atoms with Crippen LogP contribution in [-0.2, 0) is 16.1 Å². The molecule has 0 saturated carbocycles. The molecule has 1 fully saturated rings. The van der Waals surface area contributed by atoms with Crippen molar-refractivity contribution in [1.29, 1.82) is 0 Å². The lowest BCUT2D eigenvalue weighted by Gasteiger charge is -2.11. The largest absolute Gasteiger partial charge is 0.383 e. The summed E-state index contributed by atoms with van der Waals surface area (Å²) in [5.74, 6) is 0.0151. The van der Waals surface area contributed by atoms with Crippen molar-refractivity contribution >= 4 is 11.6 Å². The fourth-order valence-electron chi connectivity index (χ4n) is 2.09. The van der Waals surface area contributed by atoms with E-state index < -0.39 is 0 Å². The highest BCUT2D eigenvalue weighted by molar-refractivity contribution is 5.92. The van der Waals surface area contributed by atoms with E-state index in [0.717, 1.165) is 19.5 Å². The summed E-state index contributed by atoms with van der Waals surface area (Å²) >= 11 is 0. The minimum Gasteiger partial charge on any atom is -0.383 e. The molecular weight excluding hydrogens is 246 g/mol. The van der Waals surface area contributed by atoms with Gasteiger partial charge in [-0.1, -0.05) is 0 Å². The number of carbonyl (C=O) groups excluding carboxylic acids is 1. The number of ether oxygens (including phenoxy) is 1. The molecule has 0 spiro atoms. The van der Waals surface area contributed by atoms with Crippen molar-refractivity contribution in [2.45, 2.75) is 13.0 Å². The number of carbonyl (C=O) groups is 1. The van der Waals surface area contributed by atoms with Crippen LogP contribution in [0.3, 0.4) is 0 Å². The Labute approximate surface area is 111 Å². The molecule has 1 aliphatic rings. The summed E-state index contributed by atoms with van der Waals surface area (Å²) < 4.78 is 6.48. The predicted octanol–water partition coefficient (Wildman–Crippen LogP) is 0.0427. The van der Waals surface area contributed by atoms with Crippen LogP contribution in [0.1, 0.15) is 6.42 Å². The molecule has 2 N–H and O–H groups in total. The summed E-state index contributed by atoms with van der Waals surface area (Å²) in [5.41, 5.74) is 0.546. The number of anilines is 1. The van der Waals surface area contributed by atoms with Gasteiger partial charge in [-0.25, -0.2) is 0 Å². The number of amides is 1. The van der Waals surface area contributed by atoms with Gasteiger partial charge >= 0.3 is 0 Å². The lowest BCUT2D eigenvalue weighted by atomic mass is 10.1. The van der Waals surface area contributed by atoms with Gasteiger partial charge in [-0.3, -0.25) is 9.59 Å². The van der Waals surface area contributed by atoms with E-state index in [4.69, 9.17) is 4.74 Å². The molecule has 0 radical (unpaired) electrons. The van der Waals surface area contributed by atoms with Gasteiger partial charge in [-0.15, -0.1) is 0 Å². The molecule has 1 amide bonds. The molecule has 104 valence electrons. The Kier molecular flexibility index (Phi) is 4.70. The summed E-state index contributed by atoms with van der Waals surface area (Å²) in [6.07, 6.45) is 2.51. The molecule has 0 bridgehead atoms. The molecule has 1 unspecified atom stereocenters. The number of rotatable bonds is 5. The molecule has 1 aromatic rings. The molecule has 1 aromatic heterocycles. The predicted molar refractivity (Wildman–Crippen MR) is 72.2 cm³/mol. The van der Waals surface area contributed by atoms with Gasteiger partial charge in [0.15, 0.2) is 0 Å². The molecule has 2 rings (SSSR count). The Bertz CT molecular complexity index is 492. The number of nitrogens with zero attached hydrogens (tertiary/aromatic N) is 1. The summed E-state index contributed by atoms with van der Waals surface area (Å²) in [6.45, 7) is 2.54. The third-order valence-corrected chi connectivity index (χ3v) is 3.22. The van der Waals surface area contributed by atoms with Crippen molar-refractivity contribution in [3.8, 4) is 0 Å². The zero-order valence-electron chi connectivity index (χ0n) is 11.0. The Morgan fingerprint density at radius 3 is 3.11 bits per heavy atom. The topological polar surface area (TPSA) is 72.4 Å². The number of pyridine rings is 1. The number of hydrogen-bond donors (Lipinski definition) is 2. The first-order valence-electron chi connectivity index (χ1n) is 6.41. The van der Waals surface area contributed by atoms with Crippen molar-refractivity contribution in [1.82, 2.24) is 9.88 Å². The van der Waals surface area contributed by atoms with E-state index in [1.165, 1.54) is 10.6 Å². The van der Waals surface area contributed by atoms with Crippen LogP contribution < -0.4 is 16.2 Å². The molecule has 1 atom stereocenters. The molecular formula is C13H19N3O3. The van der Waals surface area contributed by atoms with E-state index in [1.54, 1.807) is 19.4 Å². The molecule has 1 aliphatic heterocycles. The first-order valence-corrected chi connectivity index (χ1v) is 6.41. The second kappa shape index (κ2) is 6.49. The van der Waals surface area contributed by atoms with Gasteiger partial charge in [0.1, 0.15) is 0 Å². The maximum Gasteiger partial charge on any atom is 0.250 e. The first-order chi connectivity index (χ1) is 9.20. The van der Waals surface area contributed by atoms with Gasteiger partial charge in [-0.05, 0) is 19.0 Å². The van der Waals surface area contributed by atoms with Crippen LogP contribution in [0.4, 0.5) is 5.69 Å². The highest BCUT2D eigenvalue weighted by atomic mass is 16.5. The van der Waals surface area contributed by atoms with Crippen molar-refractivity contribution in [3.05, 3.63) is 28.7 Å². The average Bonchev–Trinajstić information content (AvgIpc) is 2.93. The number of hydrogen-bond acceptors (Lipinski definition) is 4. The maximum absolute atomic E-state index is 12.0. The molecule has 0 aromatic carbocycles. The quantitative estimate of drug-likeness (QED) is 0.788. The van der Waals surface area contributed by atoms with Crippen LogP contribution in [0.25, 0.3) is 0 Å². The number of nitrogens with one attached hydrogen (secondary N) is 2. The zero-order chi connectivity index (χ0) is 13.7. The fourth-order valence-corrected chi connectivity index (χ4v) is 2.09. The summed E-state index contributed by atoms with van der Waals surface area (Å²) in [4.78, 5) is 23.6. The second-order valence-corrected chi connectivity index (χ2v) is 4.62. The van der Waals surface area contributed by atoms with E-state index >= 15 is 0 Å². The van der Waals surface area contributed by atoms with Crippen LogP contribution in [0.15, 0.2) is 23.1 Å². The van der Waals surface area contributed by atoms with Crippen LogP contribution in [-0.4, -0.2) is 37.3 Å². The second-order valence-electron chi connectivity index (χ2n) is 4.62. The van der Waals surface area contributed by atoms with Crippen LogP contribution in [0.2, 0.25) is 0 Å². The van der Waals surface area contributed by atoms with Gasteiger partial charge in [0.25, 0.3) is 5.56 Å². The van der Waals surface area contributed by atoms with E-state index in [-0.39, 0.29) is 17.4 Å². The standard InChI is InChI=1S/C13H19N3O3/c1-19-7-6-16-9-11(2-3-12(16)17)15-13(18)10-4-5-14-8-10/h2-3,9-10,14H,4-8H2,1H3,(H,15,18). The zero-order valence-corrected chi connectivity index (χ0v) is 11.0. The van der Waals surface area contributed by atoms with Gasteiger partial charge < -0.3 is 19.9 Å². The highest BCUT2D eigenvalue weighted by Crippen LogP contribution is 2.11. The molecule has 2 heterocycles. The van der Waals surface area contributed by atoms with E-state index in [0.29, 0.717) is 18.8 Å². The lowest BCUT2D eigenvalue weighted by Crippen LogP contribution is -2.26. The van der Waals surface area contributed by atoms with Crippen molar-refractivity contribution in [2.24, 2.45) is 5.92 Å². The number of methoxy groups -OCH3 is 1. The van der Waals surface area contributed by atoms with Crippen molar-refractivity contribution in [3.63, 3.8) is 0 Å². The Balaban J connectivity index is 2.03. The van der Waals surface area contributed by atoms with Crippen molar-refractivity contribution in [2.75, 3.05) is 32.1 Å². The third kappa shape index (κ3) is 3.65. The molecule has 6 heteroatoms. The summed E-state index contributed by atoms with van der Waals surface area (Å²) in [6, 6.07) is 3.09. The smallest absolute Gasteiger partial charge is 0.250 e. The van der Waals surface area contributed by atoms with Gasteiger partial charge in [0.05, 0.1) is 18.2 Å². The minimum atomic E-state index is -0.0995. The molecule has 6 nitrogen and oxygen atoms in total. The van der Waals surface area contributed by atoms with E-state index in [2.05, 4.69) is 10.6 Å².